The number of nitrogens with zero attached hydrogens (tertiary/aromatic N) is 1. The van der Waals surface area contributed by atoms with E-state index < -0.39 is 4.92 Å². The Kier molecular flexibility index (Phi) is 5.14. The molecule has 0 aliphatic rings. The first kappa shape index (κ1) is 16.3. The minimum Gasteiger partial charge on any atom is -0.493 e. The van der Waals surface area contributed by atoms with E-state index in [2.05, 4.69) is 5.32 Å². The molecule has 0 radical (unpaired) electrons. The van der Waals surface area contributed by atoms with Crippen LogP contribution < -0.4 is 14.8 Å². The Balaban J connectivity index is 2.01. The molecule has 0 aromatic heterocycles. The largest absolute Gasteiger partial charge is 0.493 e. The molecule has 1 amide bonds. The molecule has 0 heterocycles. The molecule has 0 spiro atoms. The summed E-state index contributed by atoms with van der Waals surface area (Å²) >= 11 is 0. The van der Waals surface area contributed by atoms with Crippen LogP contribution in [0.4, 0.5) is 11.4 Å². The van der Waals surface area contributed by atoms with Crippen molar-refractivity contribution >= 4 is 17.3 Å². The van der Waals surface area contributed by atoms with Crippen molar-refractivity contribution in [1.82, 2.24) is 0 Å². The second-order valence-electron chi connectivity index (χ2n) is 4.80. The highest BCUT2D eigenvalue weighted by molar-refractivity contribution is 5.91. The number of hydrogen-bond acceptors (Lipinski definition) is 5. The number of aryl methyl sites for hydroxylation is 1. The first-order valence-electron chi connectivity index (χ1n) is 6.81. The zero-order chi connectivity index (χ0) is 16.8. The summed E-state index contributed by atoms with van der Waals surface area (Å²) in [5.41, 5.74) is 1.59. The number of carbonyl (C=O) groups is 1. The van der Waals surface area contributed by atoms with Gasteiger partial charge in [-0.1, -0.05) is 17.7 Å². The minimum absolute atomic E-state index is 0.139. The monoisotopic (exact) mass is 316 g/mol. The third-order valence-corrected chi connectivity index (χ3v) is 3.05. The lowest BCUT2D eigenvalue weighted by Crippen LogP contribution is -2.20. The molecule has 7 heteroatoms. The Morgan fingerprint density at radius 3 is 2.48 bits per heavy atom. The molecule has 0 saturated heterocycles. The molecule has 0 aliphatic heterocycles. The summed E-state index contributed by atoms with van der Waals surface area (Å²) in [5, 5.41) is 13.5. The predicted molar refractivity (Wildman–Crippen MR) is 85.0 cm³/mol. The van der Waals surface area contributed by atoms with E-state index in [-0.39, 0.29) is 24.0 Å². The number of nitro benzene ring substituents is 1. The van der Waals surface area contributed by atoms with Gasteiger partial charge in [-0.3, -0.25) is 14.9 Å². The summed E-state index contributed by atoms with van der Waals surface area (Å²) < 4.78 is 10.4. The third-order valence-electron chi connectivity index (χ3n) is 3.05. The Morgan fingerprint density at radius 1 is 1.17 bits per heavy atom. The maximum atomic E-state index is 11.9. The van der Waals surface area contributed by atoms with Gasteiger partial charge in [0.15, 0.2) is 18.1 Å². The number of amides is 1. The molecule has 2 aromatic rings. The Labute approximate surface area is 133 Å². The highest BCUT2D eigenvalue weighted by atomic mass is 16.6. The van der Waals surface area contributed by atoms with E-state index in [1.807, 2.05) is 19.1 Å². The smallest absolute Gasteiger partial charge is 0.273 e. The Bertz CT molecular complexity index is 713. The van der Waals surface area contributed by atoms with Crippen molar-refractivity contribution in [1.29, 1.82) is 0 Å². The number of rotatable bonds is 6. The van der Waals surface area contributed by atoms with Gasteiger partial charge in [0.25, 0.3) is 11.6 Å². The number of anilines is 1. The maximum absolute atomic E-state index is 11.9. The van der Waals surface area contributed by atoms with Gasteiger partial charge in [0, 0.05) is 11.8 Å². The summed E-state index contributed by atoms with van der Waals surface area (Å²) in [6.45, 7) is 1.66. The van der Waals surface area contributed by atoms with E-state index in [4.69, 9.17) is 9.47 Å². The molecule has 23 heavy (non-hydrogen) atoms. The van der Waals surface area contributed by atoms with Crippen LogP contribution in [0.5, 0.6) is 11.5 Å². The van der Waals surface area contributed by atoms with Gasteiger partial charge in [0.2, 0.25) is 0 Å². The Morgan fingerprint density at radius 2 is 1.87 bits per heavy atom. The van der Waals surface area contributed by atoms with Crippen LogP contribution in [-0.2, 0) is 4.79 Å². The van der Waals surface area contributed by atoms with Gasteiger partial charge in [-0.25, -0.2) is 0 Å². The summed E-state index contributed by atoms with van der Waals surface area (Å²) in [5.74, 6) is 0.0851. The lowest BCUT2D eigenvalue weighted by atomic mass is 10.2. The number of carbonyl (C=O) groups excluding carboxylic acids is 1. The average molecular weight is 316 g/mol. The zero-order valence-corrected chi connectivity index (χ0v) is 12.7. The van der Waals surface area contributed by atoms with Crippen LogP contribution in [0.1, 0.15) is 5.56 Å². The van der Waals surface area contributed by atoms with Crippen molar-refractivity contribution in [2.45, 2.75) is 6.92 Å². The van der Waals surface area contributed by atoms with Crippen molar-refractivity contribution in [2.24, 2.45) is 0 Å². The molecule has 120 valence electrons. The zero-order valence-electron chi connectivity index (χ0n) is 12.7. The SMILES string of the molecule is COc1ccc([N+](=O)[O-])cc1OCC(=O)Nc1ccc(C)cc1. The van der Waals surface area contributed by atoms with E-state index in [1.54, 1.807) is 12.1 Å². The summed E-state index contributed by atoms with van der Waals surface area (Å²) in [4.78, 5) is 22.1. The van der Waals surface area contributed by atoms with Crippen molar-refractivity contribution < 1.29 is 19.2 Å². The van der Waals surface area contributed by atoms with Crippen LogP contribution in [0.3, 0.4) is 0 Å². The molecule has 0 aliphatic carbocycles. The van der Waals surface area contributed by atoms with Crippen LogP contribution in [0.15, 0.2) is 42.5 Å². The van der Waals surface area contributed by atoms with Crippen molar-refractivity contribution in [2.75, 3.05) is 19.0 Å². The lowest BCUT2D eigenvalue weighted by Gasteiger charge is -2.10. The molecule has 0 unspecified atom stereocenters. The highest BCUT2D eigenvalue weighted by Crippen LogP contribution is 2.31. The van der Waals surface area contributed by atoms with Gasteiger partial charge in [-0.15, -0.1) is 0 Å². The van der Waals surface area contributed by atoms with Crippen LogP contribution in [0, 0.1) is 17.0 Å². The van der Waals surface area contributed by atoms with E-state index in [0.717, 1.165) is 5.56 Å². The fraction of sp³-hybridized carbons (Fsp3) is 0.188. The highest BCUT2D eigenvalue weighted by Gasteiger charge is 2.14. The molecular formula is C16H16N2O5. The number of hydrogen-bond donors (Lipinski definition) is 1. The second-order valence-corrected chi connectivity index (χ2v) is 4.80. The Hall–Kier alpha value is -3.09. The van der Waals surface area contributed by atoms with Crippen LogP contribution in [0.2, 0.25) is 0 Å². The van der Waals surface area contributed by atoms with Gasteiger partial charge >= 0.3 is 0 Å². The molecule has 0 atom stereocenters. The average Bonchev–Trinajstić information content (AvgIpc) is 2.54. The summed E-state index contributed by atoms with van der Waals surface area (Å²) in [6, 6.07) is 11.3. The molecule has 7 nitrogen and oxygen atoms in total. The summed E-state index contributed by atoms with van der Waals surface area (Å²) in [7, 11) is 1.42. The van der Waals surface area contributed by atoms with Gasteiger partial charge < -0.3 is 14.8 Å². The normalized spacial score (nSPS) is 10.0. The summed E-state index contributed by atoms with van der Waals surface area (Å²) in [6.07, 6.45) is 0. The van der Waals surface area contributed by atoms with Gasteiger partial charge in [-0.05, 0) is 25.1 Å². The number of benzene rings is 2. The van der Waals surface area contributed by atoms with E-state index in [0.29, 0.717) is 11.4 Å². The number of nitrogens with one attached hydrogen (secondary N) is 1. The fourth-order valence-corrected chi connectivity index (χ4v) is 1.87. The van der Waals surface area contributed by atoms with Crippen molar-refractivity contribution in [3.8, 4) is 11.5 Å². The minimum atomic E-state index is -0.543. The van der Waals surface area contributed by atoms with E-state index in [9.17, 15) is 14.9 Å². The fourth-order valence-electron chi connectivity index (χ4n) is 1.87. The molecule has 0 bridgehead atoms. The van der Waals surface area contributed by atoms with Gasteiger partial charge in [-0.2, -0.15) is 0 Å². The maximum Gasteiger partial charge on any atom is 0.273 e. The number of non-ortho nitro benzene ring substituents is 1. The van der Waals surface area contributed by atoms with Crippen molar-refractivity contribution in [3.05, 3.63) is 58.1 Å². The van der Waals surface area contributed by atoms with Crippen LogP contribution >= 0.6 is 0 Å². The molecule has 1 N–H and O–H groups in total. The molecule has 0 fully saturated rings. The van der Waals surface area contributed by atoms with Crippen LogP contribution in [0.25, 0.3) is 0 Å². The van der Waals surface area contributed by atoms with Gasteiger partial charge in [0.05, 0.1) is 18.1 Å². The number of nitro groups is 1. The van der Waals surface area contributed by atoms with E-state index in [1.165, 1.54) is 25.3 Å². The van der Waals surface area contributed by atoms with Gasteiger partial charge in [0.1, 0.15) is 0 Å². The predicted octanol–water partition coefficient (Wildman–Crippen LogP) is 2.93. The standard InChI is InChI=1S/C16H16N2O5/c1-11-3-5-12(6-4-11)17-16(19)10-23-15-9-13(18(20)21)7-8-14(15)22-2/h3-9H,10H2,1-2H3,(H,17,19). The quantitative estimate of drug-likeness (QED) is 0.653. The molecular weight excluding hydrogens is 300 g/mol. The topological polar surface area (TPSA) is 90.7 Å². The molecule has 0 saturated carbocycles. The lowest BCUT2D eigenvalue weighted by molar-refractivity contribution is -0.385. The number of ether oxygens (including phenoxy) is 2. The molecule has 2 aromatic carbocycles. The number of methoxy groups -OCH3 is 1. The van der Waals surface area contributed by atoms with Crippen molar-refractivity contribution in [3.63, 3.8) is 0 Å². The van der Waals surface area contributed by atoms with E-state index >= 15 is 0 Å². The third kappa shape index (κ3) is 4.44. The molecule has 2 rings (SSSR count). The first-order chi connectivity index (χ1) is 11.0. The second kappa shape index (κ2) is 7.26. The first-order valence-corrected chi connectivity index (χ1v) is 6.81. The van der Waals surface area contributed by atoms with Crippen LogP contribution in [-0.4, -0.2) is 24.5 Å².